The fourth-order valence-electron chi connectivity index (χ4n) is 2.44. The number of benzene rings is 1. The van der Waals surface area contributed by atoms with Gasteiger partial charge in [0.15, 0.2) is 11.4 Å². The third-order valence-corrected chi connectivity index (χ3v) is 4.60. The second kappa shape index (κ2) is 5.87. The van der Waals surface area contributed by atoms with Gasteiger partial charge in [0.1, 0.15) is 11.4 Å². The first-order valence-corrected chi connectivity index (χ1v) is 8.85. The van der Waals surface area contributed by atoms with E-state index in [4.69, 9.17) is 4.98 Å². The summed E-state index contributed by atoms with van der Waals surface area (Å²) in [5.41, 5.74) is 2.50. The molecule has 0 saturated carbocycles. The molecule has 0 atom stereocenters. The molecule has 0 fully saturated rings. The van der Waals surface area contributed by atoms with E-state index in [9.17, 15) is 4.79 Å². The average molecular weight is 436 g/mol. The molecule has 0 saturated heterocycles. The third kappa shape index (κ3) is 3.00. The topological polar surface area (TPSA) is 34.4 Å². The number of carbonyl (C=O) groups excluding carboxylic acids is 1. The Morgan fingerprint density at radius 3 is 2.39 bits per heavy atom. The summed E-state index contributed by atoms with van der Waals surface area (Å²) in [7, 11) is 0. The van der Waals surface area contributed by atoms with Gasteiger partial charge in [0.25, 0.3) is 0 Å². The van der Waals surface area contributed by atoms with Crippen LogP contribution >= 0.6 is 31.9 Å². The number of fused-ring (bicyclic) bond motifs is 1. The smallest absolute Gasteiger partial charge is 0.187 e. The number of carbonyl (C=O) groups is 1. The lowest BCUT2D eigenvalue weighted by atomic mass is 9.87. The van der Waals surface area contributed by atoms with E-state index in [1.807, 2.05) is 67.8 Å². The molecule has 1 aromatic carbocycles. The second-order valence-corrected chi connectivity index (χ2v) is 8.22. The molecule has 0 aliphatic heterocycles. The first-order chi connectivity index (χ1) is 10.8. The number of aromatic nitrogens is 2. The number of pyridine rings is 1. The number of Topliss-reactive ketones (excluding diaryl/α,β-unsaturated/α-hetero) is 1. The van der Waals surface area contributed by atoms with E-state index in [0.717, 1.165) is 20.2 Å². The van der Waals surface area contributed by atoms with Gasteiger partial charge in [0.2, 0.25) is 0 Å². The zero-order chi connectivity index (χ0) is 16.8. The predicted molar refractivity (Wildman–Crippen MR) is 99.8 cm³/mol. The minimum atomic E-state index is -0.492. The summed E-state index contributed by atoms with van der Waals surface area (Å²) >= 11 is 7.04. The van der Waals surface area contributed by atoms with Crippen molar-refractivity contribution in [2.75, 3.05) is 0 Å². The Kier molecular flexibility index (Phi) is 4.19. The van der Waals surface area contributed by atoms with Crippen molar-refractivity contribution < 1.29 is 4.79 Å². The molecule has 3 rings (SSSR count). The molecule has 2 aromatic heterocycles. The number of nitrogens with zero attached hydrogens (tertiary/aromatic N) is 2. The highest BCUT2D eigenvalue weighted by Gasteiger charge is 2.30. The molecule has 118 valence electrons. The number of hydrogen-bond acceptors (Lipinski definition) is 2. The Morgan fingerprint density at radius 2 is 1.78 bits per heavy atom. The van der Waals surface area contributed by atoms with Gasteiger partial charge in [-0.3, -0.25) is 9.20 Å². The molecule has 0 aliphatic rings. The van der Waals surface area contributed by atoms with Crippen molar-refractivity contribution in [2.45, 2.75) is 20.8 Å². The summed E-state index contributed by atoms with van der Waals surface area (Å²) in [6.07, 6.45) is 1.89. The predicted octanol–water partition coefficient (Wildman–Crippen LogP) is 5.76. The largest absolute Gasteiger partial charge is 0.294 e. The monoisotopic (exact) mass is 434 g/mol. The van der Waals surface area contributed by atoms with Crippen molar-refractivity contribution in [3.63, 3.8) is 0 Å². The highest BCUT2D eigenvalue weighted by Crippen LogP contribution is 2.33. The van der Waals surface area contributed by atoms with Crippen LogP contribution in [0.4, 0.5) is 0 Å². The van der Waals surface area contributed by atoms with E-state index in [0.29, 0.717) is 11.4 Å². The van der Waals surface area contributed by atoms with Crippen molar-refractivity contribution in [1.29, 1.82) is 0 Å². The summed E-state index contributed by atoms with van der Waals surface area (Å²) < 4.78 is 3.60. The highest BCUT2D eigenvalue weighted by molar-refractivity contribution is 9.11. The Hall–Kier alpha value is -1.46. The first-order valence-electron chi connectivity index (χ1n) is 7.26. The minimum absolute atomic E-state index is 0.0638. The normalized spacial score (nSPS) is 11.9. The molecule has 0 bridgehead atoms. The van der Waals surface area contributed by atoms with E-state index >= 15 is 0 Å². The van der Waals surface area contributed by atoms with Crippen LogP contribution in [0.2, 0.25) is 0 Å². The summed E-state index contributed by atoms with van der Waals surface area (Å²) in [5, 5.41) is 0. The maximum Gasteiger partial charge on any atom is 0.187 e. The molecular weight excluding hydrogens is 420 g/mol. The van der Waals surface area contributed by atoms with Crippen LogP contribution in [0.25, 0.3) is 16.9 Å². The molecule has 0 N–H and O–H groups in total. The van der Waals surface area contributed by atoms with Gasteiger partial charge in [-0.2, -0.15) is 0 Å². The number of halogens is 2. The fraction of sp³-hybridized carbons (Fsp3) is 0.222. The molecule has 5 heteroatoms. The Bertz CT molecular complexity index is 893. The SMILES string of the molecule is CC(C)(C)C(=O)c1c(-c2ccccc2)nc2c(Br)cc(Br)cn12. The van der Waals surface area contributed by atoms with Gasteiger partial charge < -0.3 is 0 Å². The third-order valence-electron chi connectivity index (χ3n) is 3.59. The molecule has 0 unspecified atom stereocenters. The molecule has 23 heavy (non-hydrogen) atoms. The summed E-state index contributed by atoms with van der Waals surface area (Å²) in [4.78, 5) is 17.8. The number of ketones is 1. The van der Waals surface area contributed by atoms with Crippen molar-refractivity contribution in [3.05, 3.63) is 57.2 Å². The van der Waals surface area contributed by atoms with Gasteiger partial charge in [0, 0.05) is 21.6 Å². The molecule has 0 radical (unpaired) electrons. The van der Waals surface area contributed by atoms with Gasteiger partial charge in [-0.05, 0) is 37.9 Å². The van der Waals surface area contributed by atoms with Crippen molar-refractivity contribution >= 4 is 43.3 Å². The van der Waals surface area contributed by atoms with Gasteiger partial charge in [-0.1, -0.05) is 51.1 Å². The summed E-state index contributed by atoms with van der Waals surface area (Å²) in [6, 6.07) is 11.7. The van der Waals surface area contributed by atoms with Crippen LogP contribution in [-0.4, -0.2) is 15.2 Å². The average Bonchev–Trinajstić information content (AvgIpc) is 2.85. The second-order valence-electron chi connectivity index (χ2n) is 6.45. The number of imidazole rings is 1. The van der Waals surface area contributed by atoms with Crippen LogP contribution in [0.15, 0.2) is 51.5 Å². The first kappa shape index (κ1) is 16.4. The molecule has 2 heterocycles. The lowest BCUT2D eigenvalue weighted by Gasteiger charge is -2.17. The van der Waals surface area contributed by atoms with Crippen LogP contribution in [0, 0.1) is 5.41 Å². The zero-order valence-electron chi connectivity index (χ0n) is 13.1. The van der Waals surface area contributed by atoms with Crippen molar-refractivity contribution in [2.24, 2.45) is 5.41 Å². The standard InChI is InChI=1S/C18H16Br2N2O/c1-18(2,3)16(23)15-14(11-7-5-4-6-8-11)21-17-13(20)9-12(19)10-22(15)17/h4-10H,1-3H3. The van der Waals surface area contributed by atoms with Crippen LogP contribution in [-0.2, 0) is 0 Å². The summed E-state index contributed by atoms with van der Waals surface area (Å²) in [6.45, 7) is 5.78. The number of hydrogen-bond donors (Lipinski definition) is 0. The van der Waals surface area contributed by atoms with Crippen molar-refractivity contribution in [3.8, 4) is 11.3 Å². The van der Waals surface area contributed by atoms with Gasteiger partial charge >= 0.3 is 0 Å². The van der Waals surface area contributed by atoms with E-state index in [2.05, 4.69) is 31.9 Å². The number of rotatable bonds is 2. The maximum absolute atomic E-state index is 13.1. The minimum Gasteiger partial charge on any atom is -0.294 e. The maximum atomic E-state index is 13.1. The van der Waals surface area contributed by atoms with Crippen LogP contribution in [0.5, 0.6) is 0 Å². The van der Waals surface area contributed by atoms with Gasteiger partial charge in [-0.15, -0.1) is 0 Å². The Morgan fingerprint density at radius 1 is 1.13 bits per heavy atom. The summed E-state index contributed by atoms with van der Waals surface area (Å²) in [5.74, 6) is 0.0638. The lowest BCUT2D eigenvalue weighted by molar-refractivity contribution is 0.0852. The molecule has 3 aromatic rings. The van der Waals surface area contributed by atoms with Crippen molar-refractivity contribution in [1.82, 2.24) is 9.38 Å². The van der Waals surface area contributed by atoms with E-state index in [1.165, 1.54) is 0 Å². The van der Waals surface area contributed by atoms with E-state index in [-0.39, 0.29) is 5.78 Å². The zero-order valence-corrected chi connectivity index (χ0v) is 16.3. The van der Waals surface area contributed by atoms with Crippen LogP contribution in [0.1, 0.15) is 31.3 Å². The molecule has 3 nitrogen and oxygen atoms in total. The highest BCUT2D eigenvalue weighted by atomic mass is 79.9. The Balaban J connectivity index is 2.40. The van der Waals surface area contributed by atoms with Crippen LogP contribution < -0.4 is 0 Å². The van der Waals surface area contributed by atoms with Gasteiger partial charge in [0.05, 0.1) is 4.47 Å². The molecular formula is C18H16Br2N2O. The van der Waals surface area contributed by atoms with Crippen LogP contribution in [0.3, 0.4) is 0 Å². The lowest BCUT2D eigenvalue weighted by Crippen LogP contribution is -2.22. The molecule has 0 spiro atoms. The quantitative estimate of drug-likeness (QED) is 0.480. The van der Waals surface area contributed by atoms with Gasteiger partial charge in [-0.25, -0.2) is 4.98 Å². The van der Waals surface area contributed by atoms with E-state index < -0.39 is 5.41 Å². The molecule has 0 aliphatic carbocycles. The van der Waals surface area contributed by atoms with E-state index in [1.54, 1.807) is 0 Å². The Labute approximate surface area is 152 Å². The fourth-order valence-corrected chi connectivity index (χ4v) is 3.71. The molecule has 0 amide bonds.